The summed E-state index contributed by atoms with van der Waals surface area (Å²) < 4.78 is 1.13. The van der Waals surface area contributed by atoms with Crippen LogP contribution >= 0.6 is 0 Å². The molecule has 2 N–H and O–H groups in total. The molecule has 4 rings (SSSR count). The van der Waals surface area contributed by atoms with Crippen molar-refractivity contribution >= 4 is 17.2 Å². The summed E-state index contributed by atoms with van der Waals surface area (Å²) in [7, 11) is 0. The summed E-state index contributed by atoms with van der Waals surface area (Å²) in [5.74, 6) is -0.130. The van der Waals surface area contributed by atoms with Crippen molar-refractivity contribution in [3.8, 4) is 0 Å². The van der Waals surface area contributed by atoms with Crippen molar-refractivity contribution in [2.75, 3.05) is 25.0 Å². The first-order valence-corrected chi connectivity index (χ1v) is 9.40. The molecule has 0 radical (unpaired) electrons. The lowest BCUT2D eigenvalue weighted by molar-refractivity contribution is -0.385. The second-order valence-corrected chi connectivity index (χ2v) is 7.09. The summed E-state index contributed by atoms with van der Waals surface area (Å²) in [5.41, 5.74) is 1.48. The monoisotopic (exact) mass is 395 g/mol. The number of pyridine rings is 1. The summed E-state index contributed by atoms with van der Waals surface area (Å²) in [6, 6.07) is 13.1. The zero-order valence-electron chi connectivity index (χ0n) is 15.7. The van der Waals surface area contributed by atoms with Gasteiger partial charge in [0.1, 0.15) is 5.65 Å². The smallest absolute Gasteiger partial charge is 0.376 e. The van der Waals surface area contributed by atoms with Gasteiger partial charge in [0, 0.05) is 32.4 Å². The van der Waals surface area contributed by atoms with E-state index in [-0.39, 0.29) is 12.4 Å². The molecule has 0 aliphatic carbocycles. The van der Waals surface area contributed by atoms with Crippen molar-refractivity contribution in [2.45, 2.75) is 19.1 Å². The Morgan fingerprint density at radius 1 is 1.21 bits per heavy atom. The van der Waals surface area contributed by atoms with Gasteiger partial charge in [-0.2, -0.15) is 0 Å². The van der Waals surface area contributed by atoms with Gasteiger partial charge < -0.3 is 10.4 Å². The molecule has 0 bridgehead atoms. The Kier molecular flexibility index (Phi) is 5.24. The molecule has 0 fully saturated rings. The number of fused-ring (bicyclic) bond motifs is 2. The Morgan fingerprint density at radius 2 is 1.97 bits per heavy atom. The fourth-order valence-corrected chi connectivity index (χ4v) is 3.65. The summed E-state index contributed by atoms with van der Waals surface area (Å²) in [4.78, 5) is 29.4. The van der Waals surface area contributed by atoms with Crippen LogP contribution in [0.25, 0.3) is 5.65 Å². The van der Waals surface area contributed by atoms with Crippen molar-refractivity contribution in [1.29, 1.82) is 0 Å². The average molecular weight is 395 g/mol. The number of nitro groups is 1. The predicted molar refractivity (Wildman–Crippen MR) is 108 cm³/mol. The second kappa shape index (κ2) is 7.98. The lowest BCUT2D eigenvalue weighted by atomic mass is 10.00. The first-order chi connectivity index (χ1) is 14.0. The Morgan fingerprint density at radius 3 is 2.76 bits per heavy atom. The van der Waals surface area contributed by atoms with Gasteiger partial charge in [0.2, 0.25) is 5.82 Å². The number of hydrogen-bond donors (Lipinski definition) is 2. The number of aliphatic hydroxyl groups is 1. The van der Waals surface area contributed by atoms with E-state index < -0.39 is 22.3 Å². The molecule has 1 aliphatic heterocycles. The third-order valence-corrected chi connectivity index (χ3v) is 5.08. The van der Waals surface area contributed by atoms with Crippen LogP contribution < -0.4 is 10.9 Å². The maximum Gasteiger partial charge on any atom is 0.376 e. The third kappa shape index (κ3) is 3.96. The average Bonchev–Trinajstić information content (AvgIpc) is 2.72. The lowest BCUT2D eigenvalue weighted by Gasteiger charge is -2.30. The number of nitrogens with one attached hydrogen (secondary N) is 1. The molecule has 0 saturated carbocycles. The molecular formula is C20H21N5O4. The van der Waals surface area contributed by atoms with Crippen LogP contribution in [0.4, 0.5) is 11.5 Å². The zero-order valence-corrected chi connectivity index (χ0v) is 15.7. The Hall–Kier alpha value is -3.30. The van der Waals surface area contributed by atoms with Gasteiger partial charge >= 0.3 is 11.2 Å². The minimum atomic E-state index is -0.768. The standard InChI is InChI=1S/C20H21N5O4/c26-16(13-23-10-8-14-5-1-2-6-15(14)12-23)11-21-19-18(25(28)29)20(27)24-9-4-3-7-17(24)22-19/h1-7,9,16,21,26H,8,10-13H2/t16-/m0/s1. The van der Waals surface area contributed by atoms with E-state index in [0.29, 0.717) is 12.2 Å². The van der Waals surface area contributed by atoms with Crippen molar-refractivity contribution in [3.63, 3.8) is 0 Å². The quantitative estimate of drug-likeness (QED) is 0.479. The van der Waals surface area contributed by atoms with Crippen molar-refractivity contribution < 1.29 is 10.0 Å². The molecule has 1 atom stereocenters. The molecule has 2 aromatic heterocycles. The molecular weight excluding hydrogens is 374 g/mol. The normalized spacial score (nSPS) is 15.1. The molecule has 29 heavy (non-hydrogen) atoms. The predicted octanol–water partition coefficient (Wildman–Crippen LogP) is 1.43. The van der Waals surface area contributed by atoms with E-state index >= 15 is 0 Å². The molecule has 1 aliphatic rings. The summed E-state index contributed by atoms with van der Waals surface area (Å²) in [6.07, 6.45) is 1.59. The van der Waals surface area contributed by atoms with Crippen LogP contribution in [0.5, 0.6) is 0 Å². The molecule has 150 valence electrons. The SMILES string of the molecule is O=c1c([N+](=O)[O-])c(NC[C@H](O)CN2CCc3ccccc3C2)nc2ccccn12. The van der Waals surface area contributed by atoms with Crippen molar-refractivity contribution in [1.82, 2.24) is 14.3 Å². The number of β-amino-alcohol motifs (C(OH)–C–C–N with tert-alkyl or cyclic N) is 1. The molecule has 9 heteroatoms. The molecule has 0 saturated heterocycles. The van der Waals surface area contributed by atoms with E-state index in [9.17, 15) is 20.0 Å². The molecule has 3 heterocycles. The number of aromatic nitrogens is 2. The van der Waals surface area contributed by atoms with Crippen molar-refractivity contribution in [2.24, 2.45) is 0 Å². The minimum absolute atomic E-state index is 0.0500. The van der Waals surface area contributed by atoms with Gasteiger partial charge in [-0.15, -0.1) is 0 Å². The van der Waals surface area contributed by atoms with Gasteiger partial charge in [-0.25, -0.2) is 4.98 Å². The number of aliphatic hydroxyl groups excluding tert-OH is 1. The van der Waals surface area contributed by atoms with Gasteiger partial charge in [-0.05, 0) is 29.7 Å². The van der Waals surface area contributed by atoms with E-state index in [4.69, 9.17) is 0 Å². The van der Waals surface area contributed by atoms with Gasteiger partial charge in [0.05, 0.1) is 11.0 Å². The number of rotatable bonds is 6. The molecule has 3 aromatic rings. The van der Waals surface area contributed by atoms with Crippen LogP contribution in [0.2, 0.25) is 0 Å². The Bertz CT molecular complexity index is 1110. The lowest BCUT2D eigenvalue weighted by Crippen LogP contribution is -2.39. The van der Waals surface area contributed by atoms with E-state index in [0.717, 1.165) is 23.9 Å². The van der Waals surface area contributed by atoms with Crippen molar-refractivity contribution in [3.05, 3.63) is 80.3 Å². The van der Waals surface area contributed by atoms with Crippen LogP contribution in [-0.4, -0.2) is 50.1 Å². The fraction of sp³-hybridized carbons (Fsp3) is 0.300. The van der Waals surface area contributed by atoms with E-state index in [1.54, 1.807) is 18.2 Å². The third-order valence-electron chi connectivity index (χ3n) is 5.08. The van der Waals surface area contributed by atoms with E-state index in [1.807, 2.05) is 12.1 Å². The second-order valence-electron chi connectivity index (χ2n) is 7.09. The van der Waals surface area contributed by atoms with E-state index in [2.05, 4.69) is 27.3 Å². The van der Waals surface area contributed by atoms with E-state index in [1.165, 1.54) is 17.3 Å². The first-order valence-electron chi connectivity index (χ1n) is 9.40. The highest BCUT2D eigenvalue weighted by atomic mass is 16.6. The van der Waals surface area contributed by atoms with Crippen LogP contribution in [0.15, 0.2) is 53.5 Å². The maximum absolute atomic E-state index is 12.4. The maximum atomic E-state index is 12.4. The number of hydrogen-bond acceptors (Lipinski definition) is 7. The fourth-order valence-electron chi connectivity index (χ4n) is 3.65. The summed E-state index contributed by atoms with van der Waals surface area (Å²) in [5, 5.41) is 24.6. The molecule has 0 amide bonds. The Labute approximate surface area is 166 Å². The number of benzene rings is 1. The van der Waals surface area contributed by atoms with Crippen LogP contribution in [0, 0.1) is 10.1 Å². The van der Waals surface area contributed by atoms with Crippen LogP contribution in [0.1, 0.15) is 11.1 Å². The number of nitrogens with zero attached hydrogens (tertiary/aromatic N) is 4. The largest absolute Gasteiger partial charge is 0.390 e. The topological polar surface area (TPSA) is 113 Å². The Balaban J connectivity index is 1.46. The molecule has 1 aromatic carbocycles. The van der Waals surface area contributed by atoms with Crippen LogP contribution in [-0.2, 0) is 13.0 Å². The summed E-state index contributed by atoms with van der Waals surface area (Å²) >= 11 is 0. The van der Waals surface area contributed by atoms with Gasteiger partial charge in [-0.3, -0.25) is 24.2 Å². The minimum Gasteiger partial charge on any atom is -0.390 e. The molecule has 0 spiro atoms. The highest BCUT2D eigenvalue weighted by molar-refractivity contribution is 5.59. The number of anilines is 1. The zero-order chi connectivity index (χ0) is 20.4. The highest BCUT2D eigenvalue weighted by Crippen LogP contribution is 2.20. The van der Waals surface area contributed by atoms with Gasteiger partial charge in [0.25, 0.3) is 0 Å². The van der Waals surface area contributed by atoms with Crippen LogP contribution in [0.3, 0.4) is 0 Å². The first kappa shape index (κ1) is 19.0. The molecule has 0 unspecified atom stereocenters. The summed E-state index contributed by atoms with van der Waals surface area (Å²) in [6.45, 7) is 2.06. The molecule has 9 nitrogen and oxygen atoms in total. The van der Waals surface area contributed by atoms with Gasteiger partial charge in [0.15, 0.2) is 0 Å². The van der Waals surface area contributed by atoms with Gasteiger partial charge in [-0.1, -0.05) is 30.3 Å². The highest BCUT2D eigenvalue weighted by Gasteiger charge is 2.24.